The third kappa shape index (κ3) is 3.63. The minimum atomic E-state index is -0.228. The Balaban J connectivity index is 1.93. The number of benzene rings is 2. The second-order valence-corrected chi connectivity index (χ2v) is 4.45. The fraction of sp³-hybridized carbons (Fsp3) is 0.250. The van der Waals surface area contributed by atoms with E-state index in [1.165, 1.54) is 12.1 Å². The molecule has 2 aromatic rings. The molecule has 2 rings (SSSR count). The summed E-state index contributed by atoms with van der Waals surface area (Å²) in [6, 6.07) is 14.0. The van der Waals surface area contributed by atoms with E-state index in [0.717, 1.165) is 12.2 Å². The van der Waals surface area contributed by atoms with Crippen molar-refractivity contribution in [1.82, 2.24) is 0 Å². The molecule has 0 saturated heterocycles. The van der Waals surface area contributed by atoms with E-state index in [1.54, 1.807) is 12.1 Å². The van der Waals surface area contributed by atoms with Crippen molar-refractivity contribution in [3.05, 3.63) is 54.3 Å². The highest BCUT2D eigenvalue weighted by Gasteiger charge is 2.06. The van der Waals surface area contributed by atoms with Crippen LogP contribution in [0.1, 0.15) is 6.92 Å². The van der Waals surface area contributed by atoms with Crippen LogP contribution in [0.25, 0.3) is 0 Å². The summed E-state index contributed by atoms with van der Waals surface area (Å²) in [4.78, 5) is 2.06. The quantitative estimate of drug-likeness (QED) is 0.821. The molecule has 0 aromatic heterocycles. The zero-order valence-electron chi connectivity index (χ0n) is 11.6. The number of hydrogen-bond acceptors (Lipinski definition) is 3. The largest absolute Gasteiger partial charge is 0.490 e. The number of rotatable bonds is 6. The van der Waals surface area contributed by atoms with Crippen molar-refractivity contribution in [2.24, 2.45) is 0 Å². The lowest BCUT2D eigenvalue weighted by atomic mass is 10.2. The predicted octanol–water partition coefficient (Wildman–Crippen LogP) is 3.31. The van der Waals surface area contributed by atoms with Crippen molar-refractivity contribution in [2.75, 3.05) is 30.3 Å². The molecule has 2 N–H and O–H groups in total. The second-order valence-electron chi connectivity index (χ2n) is 4.45. The molecule has 2 aromatic carbocycles. The first-order valence-electron chi connectivity index (χ1n) is 6.68. The number of likely N-dealkylation sites (N-methyl/N-ethyl adjacent to an activating group) is 1. The maximum absolute atomic E-state index is 13.2. The van der Waals surface area contributed by atoms with Crippen molar-refractivity contribution >= 4 is 11.4 Å². The van der Waals surface area contributed by atoms with Gasteiger partial charge in [0.05, 0.1) is 12.2 Å². The van der Waals surface area contributed by atoms with Gasteiger partial charge in [-0.1, -0.05) is 18.2 Å². The van der Waals surface area contributed by atoms with Crippen molar-refractivity contribution in [2.45, 2.75) is 6.92 Å². The molecule has 0 fully saturated rings. The van der Waals surface area contributed by atoms with Crippen molar-refractivity contribution in [3.63, 3.8) is 0 Å². The average molecular weight is 274 g/mol. The van der Waals surface area contributed by atoms with Crippen LogP contribution < -0.4 is 15.4 Å². The molecule has 0 amide bonds. The number of para-hydroxylation sites is 2. The molecule has 0 heterocycles. The van der Waals surface area contributed by atoms with Crippen LogP contribution in [-0.2, 0) is 0 Å². The smallest absolute Gasteiger partial charge is 0.142 e. The van der Waals surface area contributed by atoms with Crippen LogP contribution in [-0.4, -0.2) is 19.7 Å². The lowest BCUT2D eigenvalue weighted by Crippen LogP contribution is -2.28. The van der Waals surface area contributed by atoms with Crippen LogP contribution in [0.2, 0.25) is 0 Å². The first kappa shape index (κ1) is 14.2. The first-order chi connectivity index (χ1) is 9.70. The van der Waals surface area contributed by atoms with Gasteiger partial charge in [-0.2, -0.15) is 0 Å². The number of anilines is 2. The van der Waals surface area contributed by atoms with Crippen molar-refractivity contribution in [3.8, 4) is 5.75 Å². The summed E-state index contributed by atoms with van der Waals surface area (Å²) in [6.07, 6.45) is 0. The monoisotopic (exact) mass is 274 g/mol. The molecule has 4 heteroatoms. The highest BCUT2D eigenvalue weighted by atomic mass is 19.1. The lowest BCUT2D eigenvalue weighted by Gasteiger charge is -2.23. The van der Waals surface area contributed by atoms with E-state index in [1.807, 2.05) is 31.2 Å². The molecule has 0 radical (unpaired) electrons. The Morgan fingerprint density at radius 3 is 2.65 bits per heavy atom. The summed E-state index contributed by atoms with van der Waals surface area (Å²) in [5, 5.41) is 0. The van der Waals surface area contributed by atoms with Gasteiger partial charge in [-0.05, 0) is 37.3 Å². The summed E-state index contributed by atoms with van der Waals surface area (Å²) in [7, 11) is 0. The number of nitrogens with zero attached hydrogens (tertiary/aromatic N) is 1. The van der Waals surface area contributed by atoms with Crippen LogP contribution in [0.3, 0.4) is 0 Å². The standard InChI is InChI=1S/C16H19FN2O/c1-2-19(14-7-5-6-13(17)12-14)10-11-20-16-9-4-3-8-15(16)18/h3-9,12H,2,10-11,18H2,1H3. The molecule has 0 aliphatic rings. The van der Waals surface area contributed by atoms with Crippen LogP contribution in [0.4, 0.5) is 15.8 Å². The van der Waals surface area contributed by atoms with Gasteiger partial charge in [0, 0.05) is 12.2 Å². The zero-order chi connectivity index (χ0) is 14.4. The van der Waals surface area contributed by atoms with Crippen molar-refractivity contribution in [1.29, 1.82) is 0 Å². The van der Waals surface area contributed by atoms with Gasteiger partial charge in [0.2, 0.25) is 0 Å². The Morgan fingerprint density at radius 1 is 1.15 bits per heavy atom. The highest BCUT2D eigenvalue weighted by Crippen LogP contribution is 2.20. The SMILES string of the molecule is CCN(CCOc1ccccc1N)c1cccc(F)c1. The number of hydrogen-bond donors (Lipinski definition) is 1. The van der Waals surface area contributed by atoms with E-state index >= 15 is 0 Å². The van der Waals surface area contributed by atoms with E-state index in [4.69, 9.17) is 10.5 Å². The Bertz CT molecular complexity index is 560. The highest BCUT2D eigenvalue weighted by molar-refractivity contribution is 5.52. The Morgan fingerprint density at radius 2 is 1.95 bits per heavy atom. The maximum Gasteiger partial charge on any atom is 0.142 e. The number of nitrogens with two attached hydrogens (primary N) is 1. The van der Waals surface area contributed by atoms with Gasteiger partial charge in [0.25, 0.3) is 0 Å². The van der Waals surface area contributed by atoms with E-state index in [9.17, 15) is 4.39 Å². The maximum atomic E-state index is 13.2. The summed E-state index contributed by atoms with van der Waals surface area (Å²) in [5.74, 6) is 0.456. The van der Waals surface area contributed by atoms with Crippen LogP contribution in [0, 0.1) is 5.82 Å². The minimum absolute atomic E-state index is 0.228. The fourth-order valence-corrected chi connectivity index (χ4v) is 2.02. The summed E-state index contributed by atoms with van der Waals surface area (Å²) in [6.45, 7) is 3.99. The van der Waals surface area contributed by atoms with E-state index < -0.39 is 0 Å². The zero-order valence-corrected chi connectivity index (χ0v) is 11.6. The fourth-order valence-electron chi connectivity index (χ4n) is 2.02. The number of ether oxygens (including phenoxy) is 1. The van der Waals surface area contributed by atoms with Crippen LogP contribution >= 0.6 is 0 Å². The first-order valence-corrected chi connectivity index (χ1v) is 6.68. The van der Waals surface area contributed by atoms with Gasteiger partial charge in [0.15, 0.2) is 0 Å². The minimum Gasteiger partial charge on any atom is -0.490 e. The van der Waals surface area contributed by atoms with Gasteiger partial charge in [-0.3, -0.25) is 0 Å². The number of nitrogen functional groups attached to an aromatic ring is 1. The van der Waals surface area contributed by atoms with E-state index in [0.29, 0.717) is 24.6 Å². The van der Waals surface area contributed by atoms with Crippen LogP contribution in [0.5, 0.6) is 5.75 Å². The summed E-state index contributed by atoms with van der Waals surface area (Å²) < 4.78 is 18.9. The van der Waals surface area contributed by atoms with Gasteiger partial charge < -0.3 is 15.4 Å². The van der Waals surface area contributed by atoms with Gasteiger partial charge in [0.1, 0.15) is 18.2 Å². The molecule has 3 nitrogen and oxygen atoms in total. The second kappa shape index (κ2) is 6.80. The molecular weight excluding hydrogens is 255 g/mol. The molecule has 0 atom stereocenters. The molecule has 20 heavy (non-hydrogen) atoms. The normalized spacial score (nSPS) is 10.3. The number of halogens is 1. The third-order valence-electron chi connectivity index (χ3n) is 3.09. The van der Waals surface area contributed by atoms with Gasteiger partial charge >= 0.3 is 0 Å². The Hall–Kier alpha value is -2.23. The topological polar surface area (TPSA) is 38.5 Å². The van der Waals surface area contributed by atoms with E-state index in [-0.39, 0.29) is 5.82 Å². The molecule has 0 aliphatic heterocycles. The lowest BCUT2D eigenvalue weighted by molar-refractivity contribution is 0.326. The summed E-state index contributed by atoms with van der Waals surface area (Å²) >= 11 is 0. The average Bonchev–Trinajstić information content (AvgIpc) is 2.45. The Kier molecular flexibility index (Phi) is 4.82. The molecule has 0 saturated carbocycles. The molecule has 106 valence electrons. The Labute approximate surface area is 118 Å². The van der Waals surface area contributed by atoms with Crippen LogP contribution in [0.15, 0.2) is 48.5 Å². The van der Waals surface area contributed by atoms with Crippen molar-refractivity contribution < 1.29 is 9.13 Å². The molecule has 0 aliphatic carbocycles. The predicted molar refractivity (Wildman–Crippen MR) is 80.6 cm³/mol. The molecule has 0 unspecified atom stereocenters. The van der Waals surface area contributed by atoms with Gasteiger partial charge in [-0.15, -0.1) is 0 Å². The van der Waals surface area contributed by atoms with E-state index in [2.05, 4.69) is 4.90 Å². The molecule has 0 spiro atoms. The third-order valence-corrected chi connectivity index (χ3v) is 3.09. The summed E-state index contributed by atoms with van der Waals surface area (Å²) in [5.41, 5.74) is 7.30. The molecule has 0 bridgehead atoms. The molecular formula is C16H19FN2O. The van der Waals surface area contributed by atoms with Gasteiger partial charge in [-0.25, -0.2) is 4.39 Å².